The molecule has 3 aromatic heterocycles. The maximum Gasteiger partial charge on any atom is 0.145 e. The van der Waals surface area contributed by atoms with Crippen LogP contribution in [0.2, 0.25) is 0 Å². The Kier molecular flexibility index (Phi) is 7.10. The summed E-state index contributed by atoms with van der Waals surface area (Å²) >= 11 is 0. The first kappa shape index (κ1) is 29.8. The standard InChI is InChI=1S/C48H32N4/c1-4-14-35(15-5-1)44-32-39-20-10-11-21-41(39)47-45(36-16-6-2-7-17-36)46(50-52(44)47)37-26-24-33(25-27-37)34-28-30-40(31-29-34)51-43-23-13-12-22-42(43)49-48(51)38-18-8-3-9-19-38/h1-32H. The van der Waals surface area contributed by atoms with E-state index in [9.17, 15) is 0 Å². The summed E-state index contributed by atoms with van der Waals surface area (Å²) in [5, 5.41) is 7.76. The van der Waals surface area contributed by atoms with E-state index < -0.39 is 0 Å². The average Bonchev–Trinajstić information content (AvgIpc) is 3.82. The van der Waals surface area contributed by atoms with Crippen molar-refractivity contribution in [2.45, 2.75) is 0 Å². The zero-order valence-corrected chi connectivity index (χ0v) is 28.3. The predicted molar refractivity (Wildman–Crippen MR) is 215 cm³/mol. The SMILES string of the molecule is c1ccc(-c2c(-c3ccc(-c4ccc(-n5c(-c6ccccc6)nc6ccccc65)cc4)cc3)nn3c(-c4ccccc4)cc4ccccc4c23)cc1. The molecule has 10 rings (SSSR count). The summed E-state index contributed by atoms with van der Waals surface area (Å²) < 4.78 is 4.39. The van der Waals surface area contributed by atoms with Gasteiger partial charge in [-0.3, -0.25) is 4.57 Å². The third kappa shape index (κ3) is 5.00. The molecule has 0 fully saturated rings. The maximum absolute atomic E-state index is 5.39. The van der Waals surface area contributed by atoms with E-state index in [1.54, 1.807) is 0 Å². The van der Waals surface area contributed by atoms with E-state index in [4.69, 9.17) is 10.1 Å². The van der Waals surface area contributed by atoms with Crippen molar-refractivity contribution in [1.29, 1.82) is 0 Å². The Bertz CT molecular complexity index is 2850. The Labute approximate surface area is 301 Å². The highest BCUT2D eigenvalue weighted by Crippen LogP contribution is 2.41. The summed E-state index contributed by atoms with van der Waals surface area (Å²) in [6.45, 7) is 0. The molecule has 0 amide bonds. The summed E-state index contributed by atoms with van der Waals surface area (Å²) in [6.07, 6.45) is 0. The Balaban J connectivity index is 1.08. The van der Waals surface area contributed by atoms with Gasteiger partial charge in [-0.05, 0) is 52.4 Å². The number of imidazole rings is 1. The molecule has 0 saturated heterocycles. The molecule has 0 aliphatic rings. The van der Waals surface area contributed by atoms with Crippen molar-refractivity contribution in [1.82, 2.24) is 19.2 Å². The first-order valence-electron chi connectivity index (χ1n) is 17.6. The van der Waals surface area contributed by atoms with Crippen LogP contribution in [0.1, 0.15) is 0 Å². The van der Waals surface area contributed by atoms with Gasteiger partial charge in [0.25, 0.3) is 0 Å². The first-order chi connectivity index (χ1) is 25.8. The Morgan fingerprint density at radius 1 is 0.423 bits per heavy atom. The lowest BCUT2D eigenvalue weighted by atomic mass is 9.96. The van der Waals surface area contributed by atoms with Crippen LogP contribution in [-0.4, -0.2) is 19.2 Å². The molecular weight excluding hydrogens is 633 g/mol. The van der Waals surface area contributed by atoms with Crippen LogP contribution in [0, 0.1) is 0 Å². The molecule has 0 N–H and O–H groups in total. The number of aromatic nitrogens is 4. The molecule has 0 saturated carbocycles. The predicted octanol–water partition coefficient (Wildman–Crippen LogP) is 12.2. The third-order valence-electron chi connectivity index (χ3n) is 9.96. The Hall–Kier alpha value is -7.04. The van der Waals surface area contributed by atoms with Crippen LogP contribution in [0.4, 0.5) is 0 Å². The number of hydrogen-bond donors (Lipinski definition) is 0. The summed E-state index contributed by atoms with van der Waals surface area (Å²) in [6, 6.07) is 68.4. The summed E-state index contributed by atoms with van der Waals surface area (Å²) in [5.41, 5.74) is 14.1. The smallest absolute Gasteiger partial charge is 0.145 e. The highest BCUT2D eigenvalue weighted by Gasteiger charge is 2.21. The fourth-order valence-electron chi connectivity index (χ4n) is 7.47. The first-order valence-corrected chi connectivity index (χ1v) is 17.6. The lowest BCUT2D eigenvalue weighted by Gasteiger charge is -2.11. The van der Waals surface area contributed by atoms with Gasteiger partial charge in [0.2, 0.25) is 0 Å². The lowest BCUT2D eigenvalue weighted by molar-refractivity contribution is 0.979. The minimum Gasteiger partial charge on any atom is -0.292 e. The van der Waals surface area contributed by atoms with Crippen molar-refractivity contribution in [2.75, 3.05) is 0 Å². The summed E-state index contributed by atoms with van der Waals surface area (Å²) in [4.78, 5) is 5.02. The largest absolute Gasteiger partial charge is 0.292 e. The van der Waals surface area contributed by atoms with Gasteiger partial charge in [-0.25, -0.2) is 9.50 Å². The van der Waals surface area contributed by atoms with Crippen LogP contribution in [-0.2, 0) is 0 Å². The van der Waals surface area contributed by atoms with E-state index in [1.807, 2.05) is 12.1 Å². The van der Waals surface area contributed by atoms with Gasteiger partial charge in [0.05, 0.1) is 22.2 Å². The minimum absolute atomic E-state index is 0.934. The highest BCUT2D eigenvalue weighted by molar-refractivity contribution is 6.08. The Morgan fingerprint density at radius 2 is 0.981 bits per heavy atom. The van der Waals surface area contributed by atoms with Crippen molar-refractivity contribution in [2.24, 2.45) is 0 Å². The molecular formula is C48H32N4. The number of fused-ring (bicyclic) bond motifs is 4. The van der Waals surface area contributed by atoms with Crippen molar-refractivity contribution in [3.05, 3.63) is 194 Å². The maximum atomic E-state index is 5.39. The van der Waals surface area contributed by atoms with E-state index in [1.165, 1.54) is 10.8 Å². The second kappa shape index (κ2) is 12.4. The molecule has 3 heterocycles. The van der Waals surface area contributed by atoms with Crippen LogP contribution in [0.25, 0.3) is 89.2 Å². The van der Waals surface area contributed by atoms with E-state index in [0.29, 0.717) is 0 Å². The molecule has 0 aliphatic heterocycles. The summed E-state index contributed by atoms with van der Waals surface area (Å²) in [5.74, 6) is 0.934. The van der Waals surface area contributed by atoms with Crippen molar-refractivity contribution < 1.29 is 0 Å². The molecule has 7 aromatic carbocycles. The molecule has 0 aliphatic carbocycles. The summed E-state index contributed by atoms with van der Waals surface area (Å²) in [7, 11) is 0. The Morgan fingerprint density at radius 3 is 1.69 bits per heavy atom. The quantitative estimate of drug-likeness (QED) is 0.177. The van der Waals surface area contributed by atoms with Crippen molar-refractivity contribution in [3.63, 3.8) is 0 Å². The van der Waals surface area contributed by atoms with E-state index >= 15 is 0 Å². The van der Waals surface area contributed by atoms with Gasteiger partial charge in [-0.2, -0.15) is 5.10 Å². The van der Waals surface area contributed by atoms with Crippen molar-refractivity contribution >= 4 is 27.3 Å². The van der Waals surface area contributed by atoms with Crippen LogP contribution < -0.4 is 0 Å². The second-order valence-corrected chi connectivity index (χ2v) is 13.1. The molecule has 52 heavy (non-hydrogen) atoms. The van der Waals surface area contributed by atoms with Gasteiger partial charge in [0.1, 0.15) is 11.5 Å². The van der Waals surface area contributed by atoms with E-state index in [2.05, 4.69) is 191 Å². The number of rotatable bonds is 6. The molecule has 0 spiro atoms. The second-order valence-electron chi connectivity index (χ2n) is 13.1. The molecule has 0 radical (unpaired) electrons. The number of benzene rings is 7. The topological polar surface area (TPSA) is 35.1 Å². The van der Waals surface area contributed by atoms with Gasteiger partial charge in [-0.15, -0.1) is 0 Å². The molecule has 244 valence electrons. The third-order valence-corrected chi connectivity index (χ3v) is 9.96. The van der Waals surface area contributed by atoms with Gasteiger partial charge >= 0.3 is 0 Å². The van der Waals surface area contributed by atoms with Crippen LogP contribution in [0.3, 0.4) is 0 Å². The molecule has 0 atom stereocenters. The normalized spacial score (nSPS) is 11.5. The van der Waals surface area contributed by atoms with Crippen LogP contribution >= 0.6 is 0 Å². The molecule has 4 nitrogen and oxygen atoms in total. The fraction of sp³-hybridized carbons (Fsp3) is 0. The van der Waals surface area contributed by atoms with Gasteiger partial charge in [0.15, 0.2) is 0 Å². The van der Waals surface area contributed by atoms with E-state index in [0.717, 1.165) is 78.4 Å². The molecule has 4 heteroatoms. The zero-order valence-electron chi connectivity index (χ0n) is 28.3. The number of pyridine rings is 1. The molecule has 10 aromatic rings. The number of para-hydroxylation sites is 2. The van der Waals surface area contributed by atoms with Gasteiger partial charge in [0, 0.05) is 33.3 Å². The van der Waals surface area contributed by atoms with Crippen LogP contribution in [0.5, 0.6) is 0 Å². The molecule has 0 bridgehead atoms. The van der Waals surface area contributed by atoms with E-state index in [-0.39, 0.29) is 0 Å². The van der Waals surface area contributed by atoms with Gasteiger partial charge in [-0.1, -0.05) is 164 Å². The fourth-order valence-corrected chi connectivity index (χ4v) is 7.47. The average molecular weight is 665 g/mol. The molecule has 0 unspecified atom stereocenters. The van der Waals surface area contributed by atoms with Crippen molar-refractivity contribution in [3.8, 4) is 61.8 Å². The highest BCUT2D eigenvalue weighted by atomic mass is 15.2. The monoisotopic (exact) mass is 664 g/mol. The zero-order chi connectivity index (χ0) is 34.4. The number of hydrogen-bond acceptors (Lipinski definition) is 2. The van der Waals surface area contributed by atoms with Crippen LogP contribution in [0.15, 0.2) is 194 Å². The van der Waals surface area contributed by atoms with Gasteiger partial charge < -0.3 is 0 Å². The lowest BCUT2D eigenvalue weighted by Crippen LogP contribution is -1.97. The number of nitrogens with zero attached hydrogens (tertiary/aromatic N) is 4. The minimum atomic E-state index is 0.934.